The highest BCUT2D eigenvalue weighted by Crippen LogP contribution is 2.44. The topological polar surface area (TPSA) is 26.0 Å². The van der Waals surface area contributed by atoms with Crippen molar-refractivity contribution in [2.45, 2.75) is 6.18 Å². The third kappa shape index (κ3) is 3.04. The van der Waals surface area contributed by atoms with Crippen molar-refractivity contribution in [2.75, 3.05) is 5.73 Å². The Hall–Kier alpha value is -0.530. The van der Waals surface area contributed by atoms with E-state index in [0.29, 0.717) is 20.1 Å². The van der Waals surface area contributed by atoms with Crippen LogP contribution in [-0.2, 0) is 6.18 Å². The molecule has 0 aromatic heterocycles. The maximum Gasteiger partial charge on any atom is 0.418 e. The third-order valence-corrected chi connectivity index (χ3v) is 4.40. The first-order chi connectivity index (χ1) is 9.21. The van der Waals surface area contributed by atoms with Crippen LogP contribution in [0.5, 0.6) is 0 Å². The number of benzene rings is 2. The van der Waals surface area contributed by atoms with Gasteiger partial charge in [0.25, 0.3) is 0 Å². The standard InChI is InChI=1S/C13H7Br3F3N/c14-6-4-9(15)11(10(16)5-6)7-2-1-3-8(12(7)20)13(17,18)19/h1-5H,20H2. The van der Waals surface area contributed by atoms with Crippen LogP contribution in [0.25, 0.3) is 11.1 Å². The van der Waals surface area contributed by atoms with Crippen molar-refractivity contribution in [3.05, 3.63) is 49.3 Å². The molecule has 0 saturated carbocycles. The fourth-order valence-corrected chi connectivity index (χ4v) is 4.52. The number of nitrogens with two attached hydrogens (primary N) is 1. The van der Waals surface area contributed by atoms with Crippen molar-refractivity contribution in [1.82, 2.24) is 0 Å². The summed E-state index contributed by atoms with van der Waals surface area (Å²) in [6.07, 6.45) is -4.48. The van der Waals surface area contributed by atoms with Crippen LogP contribution in [0.15, 0.2) is 43.7 Å². The molecule has 0 amide bonds. The van der Waals surface area contributed by atoms with E-state index in [9.17, 15) is 13.2 Å². The van der Waals surface area contributed by atoms with Gasteiger partial charge in [0.05, 0.1) is 11.3 Å². The Balaban J connectivity index is 2.72. The number of hydrogen-bond acceptors (Lipinski definition) is 1. The maximum atomic E-state index is 12.9. The van der Waals surface area contributed by atoms with Gasteiger partial charge in [0.15, 0.2) is 0 Å². The van der Waals surface area contributed by atoms with Gasteiger partial charge in [-0.1, -0.05) is 59.9 Å². The number of alkyl halides is 3. The van der Waals surface area contributed by atoms with Crippen LogP contribution in [0.2, 0.25) is 0 Å². The monoisotopic (exact) mass is 471 g/mol. The second kappa shape index (κ2) is 5.69. The quantitative estimate of drug-likeness (QED) is 0.487. The summed E-state index contributed by atoms with van der Waals surface area (Å²) >= 11 is 10.0. The van der Waals surface area contributed by atoms with Crippen LogP contribution in [0.3, 0.4) is 0 Å². The summed E-state index contributed by atoms with van der Waals surface area (Å²) in [5.41, 5.74) is 5.48. The van der Waals surface area contributed by atoms with Gasteiger partial charge in [-0.25, -0.2) is 0 Å². The van der Waals surface area contributed by atoms with E-state index >= 15 is 0 Å². The summed E-state index contributed by atoms with van der Waals surface area (Å²) in [5, 5.41) is 0. The largest absolute Gasteiger partial charge is 0.418 e. The summed E-state index contributed by atoms with van der Waals surface area (Å²) in [7, 11) is 0. The maximum absolute atomic E-state index is 12.9. The van der Waals surface area contributed by atoms with E-state index in [4.69, 9.17) is 5.73 Å². The van der Waals surface area contributed by atoms with Crippen LogP contribution in [0.4, 0.5) is 18.9 Å². The Bertz CT molecular complexity index is 645. The van der Waals surface area contributed by atoms with Crippen molar-refractivity contribution < 1.29 is 13.2 Å². The summed E-state index contributed by atoms with van der Waals surface area (Å²) in [6, 6.07) is 7.37. The van der Waals surface area contributed by atoms with Crippen molar-refractivity contribution in [2.24, 2.45) is 0 Å². The van der Waals surface area contributed by atoms with E-state index in [2.05, 4.69) is 47.8 Å². The van der Waals surface area contributed by atoms with Crippen molar-refractivity contribution in [1.29, 1.82) is 0 Å². The lowest BCUT2D eigenvalue weighted by atomic mass is 10.00. The van der Waals surface area contributed by atoms with Gasteiger partial charge in [-0.3, -0.25) is 0 Å². The summed E-state index contributed by atoms with van der Waals surface area (Å²) in [4.78, 5) is 0. The number of nitrogen functional groups attached to an aromatic ring is 1. The van der Waals surface area contributed by atoms with E-state index < -0.39 is 11.7 Å². The lowest BCUT2D eigenvalue weighted by molar-refractivity contribution is -0.136. The van der Waals surface area contributed by atoms with E-state index in [1.807, 2.05) is 0 Å². The minimum atomic E-state index is -4.48. The highest BCUT2D eigenvalue weighted by molar-refractivity contribution is 9.11. The Kier molecular flexibility index (Phi) is 4.51. The van der Waals surface area contributed by atoms with Gasteiger partial charge in [-0.2, -0.15) is 13.2 Å². The molecule has 0 aliphatic carbocycles. The zero-order valence-electron chi connectivity index (χ0n) is 9.73. The van der Waals surface area contributed by atoms with Crippen molar-refractivity contribution in [3.8, 4) is 11.1 Å². The van der Waals surface area contributed by atoms with Crippen LogP contribution in [-0.4, -0.2) is 0 Å². The summed E-state index contributed by atoms with van der Waals surface area (Å²) in [5.74, 6) is 0. The minimum Gasteiger partial charge on any atom is -0.398 e. The zero-order chi connectivity index (χ0) is 15.1. The molecule has 0 aliphatic rings. The molecule has 0 radical (unpaired) electrons. The predicted molar refractivity (Wildman–Crippen MR) is 84.4 cm³/mol. The van der Waals surface area contributed by atoms with Gasteiger partial charge in [-0.15, -0.1) is 0 Å². The van der Waals surface area contributed by atoms with Gasteiger partial charge in [0.2, 0.25) is 0 Å². The van der Waals surface area contributed by atoms with Crippen LogP contribution >= 0.6 is 47.8 Å². The summed E-state index contributed by atoms with van der Waals surface area (Å²) < 4.78 is 40.8. The van der Waals surface area contributed by atoms with E-state index in [-0.39, 0.29) is 5.69 Å². The fraction of sp³-hybridized carbons (Fsp3) is 0.0769. The van der Waals surface area contributed by atoms with Crippen molar-refractivity contribution in [3.63, 3.8) is 0 Å². The van der Waals surface area contributed by atoms with Crippen molar-refractivity contribution >= 4 is 53.5 Å². The van der Waals surface area contributed by atoms with Gasteiger partial charge in [0.1, 0.15) is 0 Å². The summed E-state index contributed by atoms with van der Waals surface area (Å²) in [6.45, 7) is 0. The second-order valence-electron chi connectivity index (χ2n) is 4.01. The fourth-order valence-electron chi connectivity index (χ4n) is 1.83. The second-order valence-corrected chi connectivity index (χ2v) is 6.63. The highest BCUT2D eigenvalue weighted by Gasteiger charge is 2.34. The normalized spacial score (nSPS) is 11.7. The molecule has 1 nitrogen and oxygen atoms in total. The molecule has 0 heterocycles. The van der Waals surface area contributed by atoms with E-state index in [0.717, 1.165) is 10.5 Å². The molecule has 2 aromatic rings. The minimum absolute atomic E-state index is 0.288. The Morgan fingerprint density at radius 2 is 1.50 bits per heavy atom. The molecule has 7 heteroatoms. The first-order valence-corrected chi connectivity index (χ1v) is 7.70. The zero-order valence-corrected chi connectivity index (χ0v) is 14.5. The molecule has 106 valence electrons. The first kappa shape index (κ1) is 15.9. The van der Waals surface area contributed by atoms with E-state index in [1.54, 1.807) is 18.2 Å². The molecule has 0 saturated heterocycles. The van der Waals surface area contributed by atoms with Gasteiger partial charge >= 0.3 is 6.18 Å². The number of halogens is 6. The number of hydrogen-bond donors (Lipinski definition) is 1. The molecule has 2 rings (SSSR count). The average molecular weight is 474 g/mol. The molecular formula is C13H7Br3F3N. The van der Waals surface area contributed by atoms with Gasteiger partial charge in [-0.05, 0) is 18.2 Å². The molecule has 20 heavy (non-hydrogen) atoms. The molecule has 0 unspecified atom stereocenters. The molecule has 2 aromatic carbocycles. The molecule has 2 N–H and O–H groups in total. The average Bonchev–Trinajstić information content (AvgIpc) is 2.28. The highest BCUT2D eigenvalue weighted by atomic mass is 79.9. The SMILES string of the molecule is Nc1c(-c2c(Br)cc(Br)cc2Br)cccc1C(F)(F)F. The molecule has 0 aliphatic heterocycles. The molecular weight excluding hydrogens is 467 g/mol. The number of rotatable bonds is 1. The van der Waals surface area contributed by atoms with Gasteiger partial charge in [0, 0.05) is 24.5 Å². The smallest absolute Gasteiger partial charge is 0.398 e. The lowest BCUT2D eigenvalue weighted by Crippen LogP contribution is -2.09. The molecule has 0 bridgehead atoms. The lowest BCUT2D eigenvalue weighted by Gasteiger charge is -2.16. The first-order valence-electron chi connectivity index (χ1n) is 5.32. The number of anilines is 1. The van der Waals surface area contributed by atoms with Crippen LogP contribution in [0.1, 0.15) is 5.56 Å². The van der Waals surface area contributed by atoms with Gasteiger partial charge < -0.3 is 5.73 Å². The van der Waals surface area contributed by atoms with Crippen LogP contribution in [0, 0.1) is 0 Å². The van der Waals surface area contributed by atoms with E-state index in [1.165, 1.54) is 6.07 Å². The molecule has 0 fully saturated rings. The predicted octanol–water partition coefficient (Wildman–Crippen LogP) is 6.24. The molecule has 0 spiro atoms. The Labute approximate surface area is 138 Å². The number of para-hydroxylation sites is 1. The molecule has 0 atom stereocenters. The Morgan fingerprint density at radius 3 is 2.00 bits per heavy atom. The van der Waals surface area contributed by atoms with Crippen LogP contribution < -0.4 is 5.73 Å². The Morgan fingerprint density at radius 1 is 0.950 bits per heavy atom. The third-order valence-electron chi connectivity index (χ3n) is 2.69.